The van der Waals surface area contributed by atoms with Crippen LogP contribution in [0.2, 0.25) is 0 Å². The van der Waals surface area contributed by atoms with E-state index in [1.807, 2.05) is 0 Å². The lowest BCUT2D eigenvalue weighted by molar-refractivity contribution is 0.218. The van der Waals surface area contributed by atoms with Gasteiger partial charge in [0, 0.05) is 25.2 Å². The summed E-state index contributed by atoms with van der Waals surface area (Å²) in [6, 6.07) is 2.27. The number of rotatable bonds is 4. The fourth-order valence-electron chi connectivity index (χ4n) is 2.88. The molecule has 4 nitrogen and oxygen atoms in total. The van der Waals surface area contributed by atoms with Crippen molar-refractivity contribution in [1.82, 2.24) is 20.0 Å². The second-order valence-electron chi connectivity index (χ2n) is 6.17. The summed E-state index contributed by atoms with van der Waals surface area (Å²) in [6.45, 7) is 14.3. The quantitative estimate of drug-likeness (QED) is 0.903. The number of hydrogen-bond acceptors (Lipinski definition) is 3. The minimum absolute atomic E-state index is 0.209. The highest BCUT2D eigenvalue weighted by Gasteiger charge is 2.24. The maximum Gasteiger partial charge on any atom is 0.0625 e. The Bertz CT molecular complexity index is 408. The highest BCUT2D eigenvalue weighted by atomic mass is 15.3. The second kappa shape index (κ2) is 6.06. The Morgan fingerprint density at radius 1 is 1.37 bits per heavy atom. The maximum atomic E-state index is 4.65. The first-order chi connectivity index (χ1) is 9.04. The summed E-state index contributed by atoms with van der Waals surface area (Å²) in [5, 5.41) is 8.26. The zero-order valence-electron chi connectivity index (χ0n) is 12.9. The molecule has 0 saturated carbocycles. The van der Waals surface area contributed by atoms with Gasteiger partial charge in [-0.2, -0.15) is 5.10 Å². The molecule has 19 heavy (non-hydrogen) atoms. The number of nitrogens with one attached hydrogen (secondary N) is 1. The molecule has 2 rings (SSSR count). The zero-order valence-corrected chi connectivity index (χ0v) is 12.9. The van der Waals surface area contributed by atoms with Crippen molar-refractivity contribution in [3.63, 3.8) is 0 Å². The third-order valence-electron chi connectivity index (χ3n) is 3.83. The predicted octanol–water partition coefficient (Wildman–Crippen LogP) is 2.04. The molecule has 0 aliphatic carbocycles. The number of aryl methyl sites for hydroxylation is 2. The van der Waals surface area contributed by atoms with Gasteiger partial charge in [0.05, 0.1) is 11.4 Å². The van der Waals surface area contributed by atoms with E-state index in [-0.39, 0.29) is 5.54 Å². The Hall–Kier alpha value is -0.870. The average Bonchev–Trinajstić information content (AvgIpc) is 2.67. The average molecular weight is 264 g/mol. The lowest BCUT2D eigenvalue weighted by Crippen LogP contribution is -2.46. The van der Waals surface area contributed by atoms with Crippen molar-refractivity contribution >= 4 is 0 Å². The standard InChI is InChI=1S/C15H28N4/c1-5-13-10-14(19(6-2)17-13)11-18-9-7-8-16-15(3,4)12-18/h10,16H,5-9,11-12H2,1-4H3. The molecule has 4 heteroatoms. The topological polar surface area (TPSA) is 33.1 Å². The summed E-state index contributed by atoms with van der Waals surface area (Å²) >= 11 is 0. The first-order valence-electron chi connectivity index (χ1n) is 7.57. The molecule has 1 aromatic heterocycles. The van der Waals surface area contributed by atoms with Crippen molar-refractivity contribution in [1.29, 1.82) is 0 Å². The highest BCUT2D eigenvalue weighted by Crippen LogP contribution is 2.15. The SMILES string of the molecule is CCc1cc(CN2CCCNC(C)(C)C2)n(CC)n1. The van der Waals surface area contributed by atoms with Gasteiger partial charge in [-0.3, -0.25) is 9.58 Å². The molecule has 108 valence electrons. The zero-order chi connectivity index (χ0) is 13.9. The Kier molecular flexibility index (Phi) is 4.63. The summed E-state index contributed by atoms with van der Waals surface area (Å²) in [4.78, 5) is 2.56. The van der Waals surface area contributed by atoms with Gasteiger partial charge in [0.1, 0.15) is 0 Å². The Morgan fingerprint density at radius 2 is 2.16 bits per heavy atom. The van der Waals surface area contributed by atoms with Crippen LogP contribution in [-0.2, 0) is 19.5 Å². The number of nitrogens with zero attached hydrogens (tertiary/aromatic N) is 3. The minimum Gasteiger partial charge on any atom is -0.310 e. The van der Waals surface area contributed by atoms with E-state index in [9.17, 15) is 0 Å². The van der Waals surface area contributed by atoms with Gasteiger partial charge in [-0.25, -0.2) is 0 Å². The maximum absolute atomic E-state index is 4.65. The lowest BCUT2D eigenvalue weighted by Gasteiger charge is -2.30. The fraction of sp³-hybridized carbons (Fsp3) is 0.800. The van der Waals surface area contributed by atoms with Gasteiger partial charge >= 0.3 is 0 Å². The van der Waals surface area contributed by atoms with E-state index >= 15 is 0 Å². The second-order valence-corrected chi connectivity index (χ2v) is 6.17. The smallest absolute Gasteiger partial charge is 0.0625 e. The largest absolute Gasteiger partial charge is 0.310 e. The highest BCUT2D eigenvalue weighted by molar-refractivity contribution is 5.10. The van der Waals surface area contributed by atoms with E-state index in [1.54, 1.807) is 0 Å². The summed E-state index contributed by atoms with van der Waals surface area (Å²) in [7, 11) is 0. The fourth-order valence-corrected chi connectivity index (χ4v) is 2.88. The Labute approximate surface area is 117 Å². The van der Waals surface area contributed by atoms with Crippen LogP contribution in [-0.4, -0.2) is 39.9 Å². The number of aromatic nitrogens is 2. The molecule has 1 fully saturated rings. The van der Waals surface area contributed by atoms with Crippen LogP contribution in [0.3, 0.4) is 0 Å². The van der Waals surface area contributed by atoms with E-state index in [0.29, 0.717) is 0 Å². The summed E-state index contributed by atoms with van der Waals surface area (Å²) in [5.41, 5.74) is 2.78. The van der Waals surface area contributed by atoms with E-state index in [0.717, 1.165) is 32.6 Å². The number of hydrogen-bond donors (Lipinski definition) is 1. The Balaban J connectivity index is 2.08. The molecule has 1 aromatic rings. The molecule has 2 heterocycles. The van der Waals surface area contributed by atoms with Gasteiger partial charge in [-0.05, 0) is 52.8 Å². The molecule has 1 aliphatic heterocycles. The molecule has 0 spiro atoms. The molecule has 0 aromatic carbocycles. The summed E-state index contributed by atoms with van der Waals surface area (Å²) in [5.74, 6) is 0. The first-order valence-corrected chi connectivity index (χ1v) is 7.57. The van der Waals surface area contributed by atoms with E-state index in [1.165, 1.54) is 24.4 Å². The van der Waals surface area contributed by atoms with E-state index < -0.39 is 0 Å². The molecule has 1 saturated heterocycles. The minimum atomic E-state index is 0.209. The van der Waals surface area contributed by atoms with Gasteiger partial charge in [0.2, 0.25) is 0 Å². The van der Waals surface area contributed by atoms with Crippen molar-refractivity contribution in [2.45, 2.75) is 59.2 Å². The van der Waals surface area contributed by atoms with Crippen LogP contribution in [0.5, 0.6) is 0 Å². The van der Waals surface area contributed by atoms with Crippen LogP contribution in [0, 0.1) is 0 Å². The van der Waals surface area contributed by atoms with Gasteiger partial charge < -0.3 is 5.32 Å². The van der Waals surface area contributed by atoms with Gasteiger partial charge in [-0.1, -0.05) is 6.92 Å². The van der Waals surface area contributed by atoms with E-state index in [4.69, 9.17) is 0 Å². The molecular weight excluding hydrogens is 236 g/mol. The Morgan fingerprint density at radius 3 is 2.84 bits per heavy atom. The molecule has 1 N–H and O–H groups in total. The molecule has 0 unspecified atom stereocenters. The van der Waals surface area contributed by atoms with Crippen LogP contribution >= 0.6 is 0 Å². The van der Waals surface area contributed by atoms with Crippen molar-refractivity contribution in [2.24, 2.45) is 0 Å². The van der Waals surface area contributed by atoms with Crippen molar-refractivity contribution in [3.8, 4) is 0 Å². The molecule has 0 atom stereocenters. The van der Waals surface area contributed by atoms with Crippen LogP contribution in [0.4, 0.5) is 0 Å². The van der Waals surface area contributed by atoms with Crippen molar-refractivity contribution in [3.05, 3.63) is 17.5 Å². The van der Waals surface area contributed by atoms with Crippen molar-refractivity contribution < 1.29 is 0 Å². The van der Waals surface area contributed by atoms with Crippen LogP contribution in [0.25, 0.3) is 0 Å². The van der Waals surface area contributed by atoms with Crippen LogP contribution in [0.1, 0.15) is 45.5 Å². The third-order valence-corrected chi connectivity index (χ3v) is 3.83. The normalized spacial score (nSPS) is 20.4. The third kappa shape index (κ3) is 3.80. The molecule has 0 radical (unpaired) electrons. The predicted molar refractivity (Wildman–Crippen MR) is 79.3 cm³/mol. The van der Waals surface area contributed by atoms with Crippen LogP contribution < -0.4 is 5.32 Å². The summed E-state index contributed by atoms with van der Waals surface area (Å²) in [6.07, 6.45) is 2.25. The van der Waals surface area contributed by atoms with Crippen LogP contribution in [0.15, 0.2) is 6.07 Å². The first kappa shape index (κ1) is 14.5. The molecule has 0 amide bonds. The van der Waals surface area contributed by atoms with E-state index in [2.05, 4.69) is 53.8 Å². The lowest BCUT2D eigenvalue weighted by atomic mass is 10.1. The van der Waals surface area contributed by atoms with Crippen molar-refractivity contribution in [2.75, 3.05) is 19.6 Å². The van der Waals surface area contributed by atoms with Gasteiger partial charge in [-0.15, -0.1) is 0 Å². The summed E-state index contributed by atoms with van der Waals surface area (Å²) < 4.78 is 2.16. The van der Waals surface area contributed by atoms with Gasteiger partial charge in [0.25, 0.3) is 0 Å². The molecular formula is C15H28N4. The molecule has 1 aliphatic rings. The van der Waals surface area contributed by atoms with Gasteiger partial charge in [0.15, 0.2) is 0 Å². The molecule has 0 bridgehead atoms. The monoisotopic (exact) mass is 264 g/mol.